The number of aliphatic hydroxyl groups is 1. The average molecular weight is 346 g/mol. The molecule has 4 nitrogen and oxygen atoms in total. The zero-order valence-electron chi connectivity index (χ0n) is 15.4. The van der Waals surface area contributed by atoms with E-state index in [-0.39, 0.29) is 11.3 Å². The fraction of sp³-hybridized carbons (Fsp3) is 1.00. The molecule has 0 amide bonds. The predicted octanol–water partition coefficient (Wildman–Crippen LogP) is 3.66. The standard InChI is InChI=1S/C18H35NO3S/c1-6-14-12-15(14)16(20)19-23(21,22)18(10-11-18)17(4,5)9-7-8-13(2)3/h13-16,19-20H,6-12H2,1-5H3. The molecule has 0 aromatic carbocycles. The Labute approximate surface area is 142 Å². The minimum Gasteiger partial charge on any atom is -0.377 e. The molecule has 136 valence electrons. The Balaban J connectivity index is 1.99. The third-order valence-electron chi connectivity index (χ3n) is 6.22. The summed E-state index contributed by atoms with van der Waals surface area (Å²) in [4.78, 5) is 0. The fourth-order valence-corrected chi connectivity index (χ4v) is 6.28. The molecule has 2 N–H and O–H groups in total. The molecule has 0 bridgehead atoms. The molecular formula is C18H35NO3S. The number of rotatable bonds is 10. The van der Waals surface area contributed by atoms with Crippen LogP contribution in [-0.4, -0.2) is 24.5 Å². The molecule has 2 saturated carbocycles. The van der Waals surface area contributed by atoms with Crippen LogP contribution in [0.5, 0.6) is 0 Å². The third kappa shape index (κ3) is 3.93. The summed E-state index contributed by atoms with van der Waals surface area (Å²) in [6, 6.07) is 0. The van der Waals surface area contributed by atoms with Gasteiger partial charge < -0.3 is 5.11 Å². The lowest BCUT2D eigenvalue weighted by Gasteiger charge is -2.35. The summed E-state index contributed by atoms with van der Waals surface area (Å²) in [6.07, 6.45) is 5.58. The molecule has 5 heteroatoms. The monoisotopic (exact) mass is 345 g/mol. The second-order valence-electron chi connectivity index (χ2n) is 8.80. The van der Waals surface area contributed by atoms with Gasteiger partial charge in [0.15, 0.2) is 0 Å². The molecule has 2 fully saturated rings. The Morgan fingerprint density at radius 1 is 1.30 bits per heavy atom. The van der Waals surface area contributed by atoms with Gasteiger partial charge in [0.05, 0.1) is 4.75 Å². The first-order valence-corrected chi connectivity index (χ1v) is 10.7. The van der Waals surface area contributed by atoms with Gasteiger partial charge in [0.2, 0.25) is 10.0 Å². The summed E-state index contributed by atoms with van der Waals surface area (Å²) in [6.45, 7) is 10.7. The fourth-order valence-electron chi connectivity index (χ4n) is 4.09. The second-order valence-corrected chi connectivity index (χ2v) is 10.8. The van der Waals surface area contributed by atoms with Gasteiger partial charge in [-0.25, -0.2) is 8.42 Å². The summed E-state index contributed by atoms with van der Waals surface area (Å²) in [5.41, 5.74) is -0.249. The molecule has 2 aliphatic carbocycles. The maximum absolute atomic E-state index is 12.9. The summed E-state index contributed by atoms with van der Waals surface area (Å²) in [7, 11) is -3.49. The first kappa shape index (κ1) is 19.2. The van der Waals surface area contributed by atoms with Crippen molar-refractivity contribution in [2.45, 2.75) is 90.5 Å². The van der Waals surface area contributed by atoms with Gasteiger partial charge >= 0.3 is 0 Å². The molecule has 0 saturated heterocycles. The van der Waals surface area contributed by atoms with Gasteiger partial charge in [-0.2, -0.15) is 4.72 Å². The number of hydrogen-bond acceptors (Lipinski definition) is 3. The topological polar surface area (TPSA) is 66.4 Å². The van der Waals surface area contributed by atoms with Crippen molar-refractivity contribution in [3.8, 4) is 0 Å². The molecule has 0 aliphatic heterocycles. The first-order chi connectivity index (χ1) is 10.6. The highest BCUT2D eigenvalue weighted by Crippen LogP contribution is 2.58. The number of sulfonamides is 1. The van der Waals surface area contributed by atoms with Crippen LogP contribution >= 0.6 is 0 Å². The van der Waals surface area contributed by atoms with Crippen LogP contribution in [0, 0.1) is 23.2 Å². The van der Waals surface area contributed by atoms with Crippen LogP contribution in [0.4, 0.5) is 0 Å². The Bertz CT molecular complexity index is 508. The summed E-state index contributed by atoms with van der Waals surface area (Å²) in [5.74, 6) is 1.23. The maximum atomic E-state index is 12.9. The first-order valence-electron chi connectivity index (χ1n) is 9.26. The zero-order valence-corrected chi connectivity index (χ0v) is 16.2. The van der Waals surface area contributed by atoms with Gasteiger partial charge in [0, 0.05) is 5.92 Å². The number of nitrogens with one attached hydrogen (secondary N) is 1. The zero-order chi connectivity index (χ0) is 17.5. The van der Waals surface area contributed by atoms with E-state index in [1.54, 1.807) is 0 Å². The van der Waals surface area contributed by atoms with Crippen LogP contribution in [0.25, 0.3) is 0 Å². The van der Waals surface area contributed by atoms with E-state index in [0.717, 1.165) is 32.1 Å². The maximum Gasteiger partial charge on any atom is 0.220 e. The van der Waals surface area contributed by atoms with E-state index in [9.17, 15) is 13.5 Å². The smallest absolute Gasteiger partial charge is 0.220 e. The molecule has 0 radical (unpaired) electrons. The highest BCUT2D eigenvalue weighted by Gasteiger charge is 2.63. The van der Waals surface area contributed by atoms with Crippen LogP contribution in [0.2, 0.25) is 0 Å². The van der Waals surface area contributed by atoms with Crippen molar-refractivity contribution in [3.05, 3.63) is 0 Å². The minimum absolute atomic E-state index is 0.106. The Hall–Kier alpha value is -0.130. The Kier molecular flexibility index (Phi) is 5.54. The summed E-state index contributed by atoms with van der Waals surface area (Å²) >= 11 is 0. The van der Waals surface area contributed by atoms with Crippen LogP contribution in [0.1, 0.15) is 79.6 Å². The lowest BCUT2D eigenvalue weighted by molar-refractivity contribution is 0.131. The number of hydrogen-bond donors (Lipinski definition) is 2. The molecule has 3 unspecified atom stereocenters. The van der Waals surface area contributed by atoms with Crippen molar-refractivity contribution < 1.29 is 13.5 Å². The average Bonchev–Trinajstić information content (AvgIpc) is 3.29. The van der Waals surface area contributed by atoms with Crippen molar-refractivity contribution in [2.24, 2.45) is 23.2 Å². The van der Waals surface area contributed by atoms with E-state index in [0.29, 0.717) is 24.7 Å². The van der Waals surface area contributed by atoms with E-state index in [2.05, 4.69) is 39.3 Å². The lowest BCUT2D eigenvalue weighted by Crippen LogP contribution is -2.49. The molecule has 0 aromatic rings. The van der Waals surface area contributed by atoms with Gasteiger partial charge in [-0.3, -0.25) is 0 Å². The Morgan fingerprint density at radius 3 is 2.35 bits per heavy atom. The van der Waals surface area contributed by atoms with Crippen molar-refractivity contribution in [2.75, 3.05) is 0 Å². The lowest BCUT2D eigenvalue weighted by atomic mass is 9.81. The molecule has 2 rings (SSSR count). The van der Waals surface area contributed by atoms with Crippen LogP contribution in [-0.2, 0) is 10.0 Å². The van der Waals surface area contributed by atoms with E-state index in [1.807, 2.05) is 0 Å². The summed E-state index contributed by atoms with van der Waals surface area (Å²) in [5, 5.41) is 10.2. The van der Waals surface area contributed by atoms with Crippen molar-refractivity contribution in [1.82, 2.24) is 4.72 Å². The quantitative estimate of drug-likeness (QED) is 0.594. The summed E-state index contributed by atoms with van der Waals surface area (Å²) < 4.78 is 27.8. The van der Waals surface area contributed by atoms with E-state index >= 15 is 0 Å². The highest BCUT2D eigenvalue weighted by molar-refractivity contribution is 7.91. The molecule has 0 aromatic heterocycles. The molecular weight excluding hydrogens is 310 g/mol. The van der Waals surface area contributed by atoms with Crippen LogP contribution < -0.4 is 4.72 Å². The van der Waals surface area contributed by atoms with Gasteiger partial charge in [-0.05, 0) is 42.9 Å². The number of aliphatic hydroxyl groups excluding tert-OH is 1. The van der Waals surface area contributed by atoms with Crippen LogP contribution in [0.3, 0.4) is 0 Å². The SMILES string of the molecule is CCC1CC1C(O)NS(=O)(=O)C1(C(C)(C)CCCC(C)C)CC1. The van der Waals surface area contributed by atoms with Gasteiger partial charge in [0.1, 0.15) is 6.23 Å². The minimum atomic E-state index is -3.49. The van der Waals surface area contributed by atoms with Crippen molar-refractivity contribution >= 4 is 10.0 Å². The molecule has 23 heavy (non-hydrogen) atoms. The molecule has 0 spiro atoms. The van der Waals surface area contributed by atoms with E-state index < -0.39 is 21.0 Å². The Morgan fingerprint density at radius 2 is 1.91 bits per heavy atom. The largest absolute Gasteiger partial charge is 0.377 e. The highest BCUT2D eigenvalue weighted by atomic mass is 32.2. The molecule has 3 atom stereocenters. The normalized spacial score (nSPS) is 28.0. The van der Waals surface area contributed by atoms with E-state index in [1.165, 1.54) is 0 Å². The van der Waals surface area contributed by atoms with Crippen molar-refractivity contribution in [1.29, 1.82) is 0 Å². The van der Waals surface area contributed by atoms with E-state index in [4.69, 9.17) is 0 Å². The predicted molar refractivity (Wildman–Crippen MR) is 94.4 cm³/mol. The van der Waals surface area contributed by atoms with Gasteiger partial charge in [-0.1, -0.05) is 53.9 Å². The van der Waals surface area contributed by atoms with Crippen LogP contribution in [0.15, 0.2) is 0 Å². The van der Waals surface area contributed by atoms with Crippen molar-refractivity contribution in [3.63, 3.8) is 0 Å². The second kappa shape index (κ2) is 6.64. The molecule has 0 heterocycles. The third-order valence-corrected chi connectivity index (χ3v) is 8.76. The molecule has 2 aliphatic rings. The van der Waals surface area contributed by atoms with Gasteiger partial charge in [0.25, 0.3) is 0 Å². The van der Waals surface area contributed by atoms with Gasteiger partial charge in [-0.15, -0.1) is 0 Å².